The molecule has 12 heavy (non-hydrogen) atoms. The van der Waals surface area contributed by atoms with E-state index < -0.39 is 5.67 Å². The number of hydrogen-bond acceptors (Lipinski definition) is 1. The van der Waals surface area contributed by atoms with Gasteiger partial charge in [0, 0.05) is 19.3 Å². The van der Waals surface area contributed by atoms with Gasteiger partial charge in [-0.05, 0) is 0 Å². The molecule has 0 aliphatic carbocycles. The van der Waals surface area contributed by atoms with Crippen molar-refractivity contribution in [3.8, 4) is 0 Å². The largest absolute Gasteiger partial charge is 0.296 e. The third-order valence-corrected chi connectivity index (χ3v) is 1.76. The van der Waals surface area contributed by atoms with Crippen LogP contribution in [0.5, 0.6) is 0 Å². The van der Waals surface area contributed by atoms with Crippen molar-refractivity contribution >= 4 is 5.78 Å². The molecule has 0 aromatic heterocycles. The van der Waals surface area contributed by atoms with Gasteiger partial charge in [-0.3, -0.25) is 4.79 Å². The summed E-state index contributed by atoms with van der Waals surface area (Å²) in [7, 11) is 0. The van der Waals surface area contributed by atoms with Crippen molar-refractivity contribution < 1.29 is 9.18 Å². The predicted octanol–water partition coefficient (Wildman–Crippen LogP) is 2.83. The zero-order valence-electron chi connectivity index (χ0n) is 7.48. The van der Waals surface area contributed by atoms with E-state index in [0.717, 1.165) is 0 Å². The molecule has 0 bridgehead atoms. The number of allylic oxidation sites excluding steroid dienone is 2. The van der Waals surface area contributed by atoms with E-state index in [1.807, 2.05) is 0 Å². The van der Waals surface area contributed by atoms with Crippen LogP contribution < -0.4 is 0 Å². The molecular weight excluding hydrogens is 155 g/mol. The van der Waals surface area contributed by atoms with Crippen LogP contribution in [0.1, 0.15) is 26.2 Å². The van der Waals surface area contributed by atoms with E-state index in [1.54, 1.807) is 6.92 Å². The highest BCUT2D eigenvalue weighted by atomic mass is 19.1. The smallest absolute Gasteiger partial charge is 0.175 e. The summed E-state index contributed by atoms with van der Waals surface area (Å²) < 4.78 is 13.7. The summed E-state index contributed by atoms with van der Waals surface area (Å²) in [6, 6.07) is 0. The van der Waals surface area contributed by atoms with Gasteiger partial charge in [0.05, 0.1) is 0 Å². The van der Waals surface area contributed by atoms with Crippen molar-refractivity contribution in [3.63, 3.8) is 0 Å². The maximum absolute atomic E-state index is 13.7. The topological polar surface area (TPSA) is 17.1 Å². The second-order valence-electron chi connectivity index (χ2n) is 2.73. The van der Waals surface area contributed by atoms with Crippen molar-refractivity contribution in [1.82, 2.24) is 0 Å². The van der Waals surface area contributed by atoms with Gasteiger partial charge in [0.2, 0.25) is 0 Å². The average molecular weight is 170 g/mol. The van der Waals surface area contributed by atoms with Crippen LogP contribution in [0.2, 0.25) is 0 Å². The average Bonchev–Trinajstić information content (AvgIpc) is 2.04. The van der Waals surface area contributed by atoms with Gasteiger partial charge in [-0.1, -0.05) is 19.1 Å². The molecule has 0 aliphatic rings. The second-order valence-corrected chi connectivity index (χ2v) is 2.73. The van der Waals surface area contributed by atoms with Crippen LogP contribution in [0.15, 0.2) is 25.3 Å². The summed E-state index contributed by atoms with van der Waals surface area (Å²) in [5, 5.41) is 0. The fourth-order valence-corrected chi connectivity index (χ4v) is 1.09. The third kappa shape index (κ3) is 2.61. The molecule has 0 saturated heterocycles. The van der Waals surface area contributed by atoms with Crippen LogP contribution in [0.25, 0.3) is 0 Å². The third-order valence-electron chi connectivity index (χ3n) is 1.76. The fourth-order valence-electron chi connectivity index (χ4n) is 1.09. The Morgan fingerprint density at radius 2 is 1.83 bits per heavy atom. The van der Waals surface area contributed by atoms with Gasteiger partial charge in [-0.25, -0.2) is 4.39 Å². The van der Waals surface area contributed by atoms with Gasteiger partial charge in [-0.15, -0.1) is 13.2 Å². The zero-order chi connectivity index (χ0) is 9.61. The first-order valence-electron chi connectivity index (χ1n) is 4.04. The second kappa shape index (κ2) is 4.86. The molecule has 0 unspecified atom stereocenters. The Bertz CT molecular complexity index is 174. The van der Waals surface area contributed by atoms with Crippen molar-refractivity contribution in [2.75, 3.05) is 0 Å². The summed E-state index contributed by atoms with van der Waals surface area (Å²) in [4.78, 5) is 11.1. The van der Waals surface area contributed by atoms with Crippen molar-refractivity contribution in [2.24, 2.45) is 0 Å². The number of Topliss-reactive ketones (excluding diaryl/α,β-unsaturated/α-hetero) is 1. The Kier molecular flexibility index (Phi) is 4.49. The van der Waals surface area contributed by atoms with Crippen LogP contribution in [0.4, 0.5) is 4.39 Å². The molecule has 2 heteroatoms. The molecule has 0 fully saturated rings. The Morgan fingerprint density at radius 1 is 1.42 bits per heavy atom. The van der Waals surface area contributed by atoms with Crippen LogP contribution in [-0.4, -0.2) is 11.5 Å². The Labute approximate surface area is 73.0 Å². The van der Waals surface area contributed by atoms with Gasteiger partial charge >= 0.3 is 0 Å². The van der Waals surface area contributed by atoms with E-state index in [9.17, 15) is 9.18 Å². The highest BCUT2D eigenvalue weighted by Gasteiger charge is 2.33. The summed E-state index contributed by atoms with van der Waals surface area (Å²) in [5.74, 6) is -0.373. The molecule has 1 nitrogen and oxygen atoms in total. The van der Waals surface area contributed by atoms with E-state index in [0.29, 0.717) is 0 Å². The molecule has 0 saturated carbocycles. The summed E-state index contributed by atoms with van der Waals surface area (Å²) in [6.07, 6.45) is 3.23. The van der Waals surface area contributed by atoms with Gasteiger partial charge < -0.3 is 0 Å². The first-order chi connectivity index (χ1) is 5.60. The number of rotatable bonds is 6. The Morgan fingerprint density at radius 3 is 2.08 bits per heavy atom. The van der Waals surface area contributed by atoms with Crippen LogP contribution in [0, 0.1) is 0 Å². The zero-order valence-corrected chi connectivity index (χ0v) is 7.48. The van der Waals surface area contributed by atoms with Gasteiger partial charge in [-0.2, -0.15) is 0 Å². The Hall–Kier alpha value is -0.920. The van der Waals surface area contributed by atoms with E-state index >= 15 is 0 Å². The molecule has 0 heterocycles. The van der Waals surface area contributed by atoms with Crippen molar-refractivity contribution in [3.05, 3.63) is 25.3 Å². The number of halogens is 1. The molecule has 0 amide bonds. The van der Waals surface area contributed by atoms with Gasteiger partial charge in [0.15, 0.2) is 11.5 Å². The van der Waals surface area contributed by atoms with Crippen LogP contribution >= 0.6 is 0 Å². The van der Waals surface area contributed by atoms with E-state index in [2.05, 4.69) is 13.2 Å². The first kappa shape index (κ1) is 11.1. The summed E-state index contributed by atoms with van der Waals surface area (Å²) in [5.41, 5.74) is -1.77. The van der Waals surface area contributed by atoms with Gasteiger partial charge in [0.1, 0.15) is 0 Å². The van der Waals surface area contributed by atoms with Crippen molar-refractivity contribution in [2.45, 2.75) is 31.9 Å². The number of carbonyl (C=O) groups excluding carboxylic acids is 1. The highest BCUT2D eigenvalue weighted by molar-refractivity contribution is 5.87. The van der Waals surface area contributed by atoms with E-state index in [1.165, 1.54) is 12.2 Å². The molecule has 68 valence electrons. The molecule has 0 radical (unpaired) electrons. The molecular formula is C10H15FO. The highest BCUT2D eigenvalue weighted by Crippen LogP contribution is 2.24. The molecule has 0 spiro atoms. The van der Waals surface area contributed by atoms with Crippen LogP contribution in [0.3, 0.4) is 0 Å². The summed E-state index contributed by atoms with van der Waals surface area (Å²) in [6.45, 7) is 8.49. The minimum Gasteiger partial charge on any atom is -0.296 e. The van der Waals surface area contributed by atoms with Crippen LogP contribution in [-0.2, 0) is 4.79 Å². The number of ketones is 1. The fraction of sp³-hybridized carbons (Fsp3) is 0.500. The van der Waals surface area contributed by atoms with Crippen molar-refractivity contribution in [1.29, 1.82) is 0 Å². The van der Waals surface area contributed by atoms with Gasteiger partial charge in [0.25, 0.3) is 0 Å². The Balaban J connectivity index is 4.46. The lowest BCUT2D eigenvalue weighted by molar-refractivity contribution is -0.129. The molecule has 0 rings (SSSR count). The SMILES string of the molecule is C=CCC(F)(CC=C)C(=O)CC. The molecule has 0 atom stereocenters. The normalized spacial score (nSPS) is 10.8. The molecule has 0 aromatic carbocycles. The molecule has 0 aromatic rings. The van der Waals surface area contributed by atoms with E-state index in [-0.39, 0.29) is 25.0 Å². The maximum atomic E-state index is 13.7. The number of alkyl halides is 1. The maximum Gasteiger partial charge on any atom is 0.175 e. The quantitative estimate of drug-likeness (QED) is 0.560. The standard InChI is InChI=1S/C10H15FO/c1-4-7-10(11,8-5-2)9(12)6-3/h4-5H,1-2,6-8H2,3H3. The molecule has 0 N–H and O–H groups in total. The lowest BCUT2D eigenvalue weighted by Crippen LogP contribution is -2.32. The van der Waals surface area contributed by atoms with E-state index in [4.69, 9.17) is 0 Å². The molecule has 0 aliphatic heterocycles. The predicted molar refractivity (Wildman–Crippen MR) is 48.8 cm³/mol. The summed E-state index contributed by atoms with van der Waals surface area (Å²) >= 11 is 0. The minimum atomic E-state index is -1.77. The lowest BCUT2D eigenvalue weighted by Gasteiger charge is -2.19. The monoisotopic (exact) mass is 170 g/mol. The number of carbonyl (C=O) groups is 1. The lowest BCUT2D eigenvalue weighted by atomic mass is 9.91. The first-order valence-corrected chi connectivity index (χ1v) is 4.04. The minimum absolute atomic E-state index is 0.0751. The number of hydrogen-bond donors (Lipinski definition) is 0.